The summed E-state index contributed by atoms with van der Waals surface area (Å²) >= 11 is 3.49. The van der Waals surface area contributed by atoms with E-state index in [9.17, 15) is 15.3 Å². The van der Waals surface area contributed by atoms with Crippen LogP contribution >= 0.6 is 15.9 Å². The van der Waals surface area contributed by atoms with Gasteiger partial charge < -0.3 is 10.1 Å². The van der Waals surface area contributed by atoms with E-state index in [0.29, 0.717) is 21.7 Å². The Bertz CT molecular complexity index is 1070. The molecule has 3 rings (SSSR count). The van der Waals surface area contributed by atoms with Crippen molar-refractivity contribution in [2.24, 2.45) is 5.92 Å². The summed E-state index contributed by atoms with van der Waals surface area (Å²) < 4.78 is 6.55. The molecule has 158 valence electrons. The van der Waals surface area contributed by atoms with Crippen molar-refractivity contribution in [2.45, 2.75) is 45.3 Å². The van der Waals surface area contributed by atoms with E-state index in [-0.39, 0.29) is 24.1 Å². The summed E-state index contributed by atoms with van der Waals surface area (Å²) in [4.78, 5) is 12.6. The number of ether oxygens (including phenoxy) is 1. The molecule has 0 saturated heterocycles. The monoisotopic (exact) mass is 477 g/mol. The number of halogens is 1. The average Bonchev–Trinajstić information content (AvgIpc) is 2.78. The standard InChI is InChI=1S/C25H24BrN3O2/c1-17-6-2-5-9-23(17)29-25(30)21(15-28)12-18-10-11-24(22(26)13-18)31-16-20-8-4-3-7-19(20)14-27/h3-4,7-8,10-13,17,23H,2,5-6,9,16H2,1H3,(H,29,30)/b21-12+/t17-,23+/m1/s1. The molecule has 0 heterocycles. The number of carbonyl (C=O) groups excluding carboxylic acids is 1. The largest absolute Gasteiger partial charge is 0.488 e. The van der Waals surface area contributed by atoms with Gasteiger partial charge in [0.25, 0.3) is 5.91 Å². The highest BCUT2D eigenvalue weighted by Gasteiger charge is 2.24. The average molecular weight is 478 g/mol. The van der Waals surface area contributed by atoms with Gasteiger partial charge in [0, 0.05) is 11.6 Å². The zero-order valence-corrected chi connectivity index (χ0v) is 19.0. The topological polar surface area (TPSA) is 85.9 Å². The molecule has 0 aliphatic heterocycles. The van der Waals surface area contributed by atoms with Crippen molar-refractivity contribution in [3.63, 3.8) is 0 Å². The van der Waals surface area contributed by atoms with E-state index in [4.69, 9.17) is 4.74 Å². The molecule has 0 bridgehead atoms. The SMILES string of the molecule is C[C@@H]1CCCC[C@@H]1NC(=O)/C(C#N)=C/c1ccc(OCc2ccccc2C#N)c(Br)c1. The van der Waals surface area contributed by atoms with Crippen molar-refractivity contribution in [3.05, 3.63) is 69.2 Å². The van der Waals surface area contributed by atoms with Crippen molar-refractivity contribution < 1.29 is 9.53 Å². The van der Waals surface area contributed by atoms with Crippen LogP contribution < -0.4 is 10.1 Å². The number of carbonyl (C=O) groups is 1. The fourth-order valence-electron chi connectivity index (χ4n) is 3.73. The van der Waals surface area contributed by atoms with E-state index in [2.05, 4.69) is 34.2 Å². The Morgan fingerprint density at radius 3 is 2.71 bits per heavy atom. The highest BCUT2D eigenvalue weighted by atomic mass is 79.9. The summed E-state index contributed by atoms with van der Waals surface area (Å²) in [6, 6.07) is 17.0. The van der Waals surface area contributed by atoms with Crippen LogP contribution in [0.2, 0.25) is 0 Å². The second kappa shape index (κ2) is 10.8. The Morgan fingerprint density at radius 2 is 2.00 bits per heavy atom. The molecule has 1 amide bonds. The first-order valence-electron chi connectivity index (χ1n) is 10.3. The number of hydrogen-bond donors (Lipinski definition) is 1. The Morgan fingerprint density at radius 1 is 1.23 bits per heavy atom. The Kier molecular flexibility index (Phi) is 7.87. The van der Waals surface area contributed by atoms with E-state index < -0.39 is 0 Å². The molecule has 0 radical (unpaired) electrons. The van der Waals surface area contributed by atoms with Crippen LogP contribution in [0.25, 0.3) is 6.08 Å². The number of hydrogen-bond acceptors (Lipinski definition) is 4. The van der Waals surface area contributed by atoms with E-state index in [0.717, 1.165) is 30.4 Å². The maximum absolute atomic E-state index is 12.6. The molecule has 1 aliphatic rings. The van der Waals surface area contributed by atoms with Crippen LogP contribution in [0.15, 0.2) is 52.5 Å². The van der Waals surface area contributed by atoms with Crippen molar-refractivity contribution in [3.8, 4) is 17.9 Å². The molecule has 1 fully saturated rings. The van der Waals surface area contributed by atoms with Crippen molar-refractivity contribution >= 4 is 27.9 Å². The van der Waals surface area contributed by atoms with Gasteiger partial charge in [-0.3, -0.25) is 4.79 Å². The van der Waals surface area contributed by atoms with Gasteiger partial charge in [-0.15, -0.1) is 0 Å². The summed E-state index contributed by atoms with van der Waals surface area (Å²) in [5.74, 6) is 0.712. The van der Waals surface area contributed by atoms with Crippen LogP contribution in [-0.4, -0.2) is 11.9 Å². The molecule has 5 nitrogen and oxygen atoms in total. The fraction of sp³-hybridized carbons (Fsp3) is 0.320. The number of nitriles is 2. The van der Waals surface area contributed by atoms with E-state index >= 15 is 0 Å². The fourth-order valence-corrected chi connectivity index (χ4v) is 4.24. The first-order chi connectivity index (χ1) is 15.0. The molecule has 0 spiro atoms. The first-order valence-corrected chi connectivity index (χ1v) is 11.1. The van der Waals surface area contributed by atoms with Crippen LogP contribution in [0.1, 0.15) is 49.3 Å². The summed E-state index contributed by atoms with van der Waals surface area (Å²) in [6.07, 6.45) is 5.94. The van der Waals surface area contributed by atoms with Gasteiger partial charge in [0.2, 0.25) is 0 Å². The van der Waals surface area contributed by atoms with Crippen LogP contribution in [0.3, 0.4) is 0 Å². The Labute approximate surface area is 191 Å². The van der Waals surface area contributed by atoms with E-state index in [1.54, 1.807) is 30.3 Å². The lowest BCUT2D eigenvalue weighted by Gasteiger charge is -2.29. The number of nitrogens with one attached hydrogen (secondary N) is 1. The molecule has 1 N–H and O–H groups in total. The van der Waals surface area contributed by atoms with Gasteiger partial charge >= 0.3 is 0 Å². The van der Waals surface area contributed by atoms with Crippen molar-refractivity contribution in [1.29, 1.82) is 10.5 Å². The molecule has 0 unspecified atom stereocenters. The summed E-state index contributed by atoms with van der Waals surface area (Å²) in [5, 5.41) is 21.7. The van der Waals surface area contributed by atoms with Crippen LogP contribution in [0, 0.1) is 28.6 Å². The third kappa shape index (κ3) is 5.96. The normalized spacial score (nSPS) is 18.5. The zero-order valence-electron chi connectivity index (χ0n) is 17.4. The minimum atomic E-state index is -0.328. The first kappa shape index (κ1) is 22.6. The van der Waals surface area contributed by atoms with Crippen LogP contribution in [0.5, 0.6) is 5.75 Å². The molecular weight excluding hydrogens is 454 g/mol. The highest BCUT2D eigenvalue weighted by molar-refractivity contribution is 9.10. The molecule has 1 saturated carbocycles. The van der Waals surface area contributed by atoms with Gasteiger partial charge in [-0.1, -0.05) is 44.0 Å². The minimum Gasteiger partial charge on any atom is -0.488 e. The second-order valence-electron chi connectivity index (χ2n) is 7.76. The Balaban J connectivity index is 1.69. The second-order valence-corrected chi connectivity index (χ2v) is 8.61. The predicted octanol–water partition coefficient (Wildman–Crippen LogP) is 5.50. The quantitative estimate of drug-likeness (QED) is 0.439. The lowest BCUT2D eigenvalue weighted by atomic mass is 9.86. The molecular formula is C25H24BrN3O2. The number of rotatable bonds is 6. The summed E-state index contributed by atoms with van der Waals surface area (Å²) in [5.41, 5.74) is 2.19. The molecule has 2 aromatic rings. The highest BCUT2D eigenvalue weighted by Crippen LogP contribution is 2.28. The van der Waals surface area contributed by atoms with Crippen LogP contribution in [-0.2, 0) is 11.4 Å². The number of benzene rings is 2. The minimum absolute atomic E-state index is 0.0845. The van der Waals surface area contributed by atoms with Gasteiger partial charge in [-0.25, -0.2) is 0 Å². The van der Waals surface area contributed by atoms with E-state index in [1.807, 2.05) is 24.3 Å². The van der Waals surface area contributed by atoms with Crippen molar-refractivity contribution in [2.75, 3.05) is 0 Å². The third-order valence-corrected chi connectivity index (χ3v) is 6.20. The maximum Gasteiger partial charge on any atom is 0.262 e. The van der Waals surface area contributed by atoms with Gasteiger partial charge in [0.05, 0.1) is 16.1 Å². The predicted molar refractivity (Wildman–Crippen MR) is 123 cm³/mol. The zero-order chi connectivity index (χ0) is 22.2. The molecule has 2 atom stereocenters. The lowest BCUT2D eigenvalue weighted by Crippen LogP contribution is -2.41. The van der Waals surface area contributed by atoms with Crippen molar-refractivity contribution in [1.82, 2.24) is 5.32 Å². The van der Waals surface area contributed by atoms with Gasteiger partial charge in [0.15, 0.2) is 0 Å². The summed E-state index contributed by atoms with van der Waals surface area (Å²) in [7, 11) is 0. The number of nitrogens with zero attached hydrogens (tertiary/aromatic N) is 2. The van der Waals surface area contributed by atoms with E-state index in [1.165, 1.54) is 6.42 Å². The molecule has 2 aromatic carbocycles. The number of amides is 1. The van der Waals surface area contributed by atoms with Gasteiger partial charge in [-0.2, -0.15) is 10.5 Å². The summed E-state index contributed by atoms with van der Waals surface area (Å²) in [6.45, 7) is 2.41. The molecule has 0 aromatic heterocycles. The van der Waals surface area contributed by atoms with Gasteiger partial charge in [0.1, 0.15) is 24.0 Å². The van der Waals surface area contributed by atoms with Gasteiger partial charge in [-0.05, 0) is 64.5 Å². The Hall–Kier alpha value is -3.09. The lowest BCUT2D eigenvalue weighted by molar-refractivity contribution is -0.118. The molecule has 1 aliphatic carbocycles. The third-order valence-electron chi connectivity index (χ3n) is 5.58. The molecule has 31 heavy (non-hydrogen) atoms. The maximum atomic E-state index is 12.6. The van der Waals surface area contributed by atoms with Crippen LogP contribution in [0.4, 0.5) is 0 Å². The molecule has 6 heteroatoms. The smallest absolute Gasteiger partial charge is 0.262 e.